The lowest BCUT2D eigenvalue weighted by Crippen LogP contribution is -2.25. The molecule has 4 heteroatoms. The molecule has 1 N–H and O–H groups in total. The molecule has 3 nitrogen and oxygen atoms in total. The van der Waals surface area contributed by atoms with Crippen LogP contribution in [0.15, 0.2) is 16.7 Å². The van der Waals surface area contributed by atoms with Crippen molar-refractivity contribution < 1.29 is 9.84 Å². The van der Waals surface area contributed by atoms with Crippen LogP contribution in [0.25, 0.3) is 0 Å². The molecule has 1 aliphatic rings. The second-order valence-electron chi connectivity index (χ2n) is 4.96. The van der Waals surface area contributed by atoms with Gasteiger partial charge in [-0.2, -0.15) is 0 Å². The third-order valence-corrected chi connectivity index (χ3v) is 4.09. The van der Waals surface area contributed by atoms with E-state index in [4.69, 9.17) is 4.74 Å². The summed E-state index contributed by atoms with van der Waals surface area (Å²) >= 11 is 3.35. The highest BCUT2D eigenvalue weighted by atomic mass is 79.9. The number of aromatic nitrogens is 1. The van der Waals surface area contributed by atoms with Gasteiger partial charge in [-0.05, 0) is 47.2 Å². The second-order valence-corrected chi connectivity index (χ2v) is 5.87. The molecule has 0 bridgehead atoms. The maximum absolute atomic E-state index is 9.33. The quantitative estimate of drug-likeness (QED) is 0.922. The predicted molar refractivity (Wildman–Crippen MR) is 74.5 cm³/mol. The summed E-state index contributed by atoms with van der Waals surface area (Å²) in [7, 11) is 0. The first-order valence-corrected chi connectivity index (χ1v) is 7.44. The first-order valence-electron chi connectivity index (χ1n) is 6.64. The molecule has 2 atom stereocenters. The van der Waals surface area contributed by atoms with Gasteiger partial charge < -0.3 is 9.84 Å². The van der Waals surface area contributed by atoms with Crippen molar-refractivity contribution in [1.82, 2.24) is 4.98 Å². The highest BCUT2D eigenvalue weighted by Gasteiger charge is 2.23. The molecular formula is C14H20BrNO2. The number of hydrogen-bond acceptors (Lipinski definition) is 3. The van der Waals surface area contributed by atoms with Crippen LogP contribution in [0.1, 0.15) is 44.6 Å². The average Bonchev–Trinajstić information content (AvgIpc) is 2.41. The fraction of sp³-hybridized carbons (Fsp3) is 0.643. The lowest BCUT2D eigenvalue weighted by Gasteiger charge is -2.29. The molecule has 100 valence electrons. The van der Waals surface area contributed by atoms with E-state index in [0.29, 0.717) is 5.88 Å². The minimum Gasteiger partial charge on any atom is -0.474 e. The molecule has 1 aliphatic carbocycles. The third-order valence-electron chi connectivity index (χ3n) is 3.65. The fourth-order valence-corrected chi connectivity index (χ4v) is 2.94. The Morgan fingerprint density at radius 1 is 1.50 bits per heavy atom. The van der Waals surface area contributed by atoms with E-state index in [0.717, 1.165) is 28.8 Å². The molecule has 2 unspecified atom stereocenters. The number of halogens is 1. The number of hydrogen-bond donors (Lipinski definition) is 1. The van der Waals surface area contributed by atoms with E-state index in [1.807, 2.05) is 6.07 Å². The number of aliphatic hydroxyl groups is 1. The summed E-state index contributed by atoms with van der Waals surface area (Å²) in [6.07, 6.45) is 7.95. The fourth-order valence-electron chi connectivity index (χ4n) is 2.57. The molecule has 0 amide bonds. The summed E-state index contributed by atoms with van der Waals surface area (Å²) < 4.78 is 6.84. The van der Waals surface area contributed by atoms with Gasteiger partial charge >= 0.3 is 0 Å². The third kappa shape index (κ3) is 3.45. The van der Waals surface area contributed by atoms with E-state index < -0.39 is 0 Å². The zero-order chi connectivity index (χ0) is 13.0. The maximum Gasteiger partial charge on any atom is 0.219 e. The summed E-state index contributed by atoms with van der Waals surface area (Å²) in [6, 6.07) is 1.86. The predicted octanol–water partition coefficient (Wildman–Crippen LogP) is 3.68. The van der Waals surface area contributed by atoms with E-state index in [2.05, 4.69) is 27.8 Å². The number of pyridine rings is 1. The van der Waals surface area contributed by atoms with E-state index in [9.17, 15) is 5.11 Å². The van der Waals surface area contributed by atoms with Crippen molar-refractivity contribution in [3.63, 3.8) is 0 Å². The van der Waals surface area contributed by atoms with Crippen LogP contribution in [-0.2, 0) is 6.61 Å². The van der Waals surface area contributed by atoms with Crippen LogP contribution in [0.2, 0.25) is 0 Å². The maximum atomic E-state index is 9.33. The van der Waals surface area contributed by atoms with Crippen molar-refractivity contribution in [2.75, 3.05) is 0 Å². The number of nitrogens with zero attached hydrogens (tertiary/aromatic N) is 1. The highest BCUT2D eigenvalue weighted by Crippen LogP contribution is 2.30. The lowest BCUT2D eigenvalue weighted by molar-refractivity contribution is 0.113. The number of rotatable bonds is 4. The summed E-state index contributed by atoms with van der Waals surface area (Å²) in [4.78, 5) is 4.26. The first kappa shape index (κ1) is 13.8. The number of ether oxygens (including phenoxy) is 1. The monoisotopic (exact) mass is 313 g/mol. The van der Waals surface area contributed by atoms with Gasteiger partial charge in [0.05, 0.1) is 6.61 Å². The van der Waals surface area contributed by atoms with E-state index in [1.165, 1.54) is 19.3 Å². The van der Waals surface area contributed by atoms with Gasteiger partial charge in [-0.15, -0.1) is 0 Å². The molecule has 1 fully saturated rings. The minimum atomic E-state index is -0.0360. The Hall–Kier alpha value is -0.610. The van der Waals surface area contributed by atoms with Gasteiger partial charge in [-0.1, -0.05) is 19.8 Å². The molecule has 1 aromatic rings. The summed E-state index contributed by atoms with van der Waals surface area (Å²) in [5.74, 6) is 1.36. The Balaban J connectivity index is 2.04. The van der Waals surface area contributed by atoms with Gasteiger partial charge in [-0.25, -0.2) is 4.98 Å². The molecule has 0 spiro atoms. The van der Waals surface area contributed by atoms with E-state index in [-0.39, 0.29) is 12.7 Å². The molecule has 0 aliphatic heterocycles. The Labute approximate surface area is 117 Å². The standard InChI is InChI=1S/C14H20BrNO2/c1-2-10-4-3-5-13(6-10)18-14-11(9-17)7-12(15)8-16-14/h7-8,10,13,17H,2-6,9H2,1H3. The van der Waals surface area contributed by atoms with Crippen molar-refractivity contribution in [1.29, 1.82) is 0 Å². The van der Waals surface area contributed by atoms with Crippen molar-refractivity contribution in [3.8, 4) is 5.88 Å². The van der Waals surface area contributed by atoms with Gasteiger partial charge in [0, 0.05) is 16.2 Å². The second kappa shape index (κ2) is 6.53. The first-order chi connectivity index (χ1) is 8.72. The van der Waals surface area contributed by atoms with Crippen LogP contribution >= 0.6 is 15.9 Å². The zero-order valence-electron chi connectivity index (χ0n) is 10.7. The van der Waals surface area contributed by atoms with Crippen LogP contribution < -0.4 is 4.74 Å². The Morgan fingerprint density at radius 2 is 2.33 bits per heavy atom. The van der Waals surface area contributed by atoms with Gasteiger partial charge in [0.25, 0.3) is 0 Å². The summed E-state index contributed by atoms with van der Waals surface area (Å²) in [5.41, 5.74) is 0.753. The van der Waals surface area contributed by atoms with Crippen LogP contribution in [0.4, 0.5) is 0 Å². The Bertz CT molecular complexity index is 397. The van der Waals surface area contributed by atoms with Crippen molar-refractivity contribution >= 4 is 15.9 Å². The Kier molecular flexibility index (Phi) is 5.01. The van der Waals surface area contributed by atoms with Crippen LogP contribution in [0, 0.1) is 5.92 Å². The van der Waals surface area contributed by atoms with Crippen LogP contribution in [0.5, 0.6) is 5.88 Å². The lowest BCUT2D eigenvalue weighted by atomic mass is 9.85. The van der Waals surface area contributed by atoms with Crippen molar-refractivity contribution in [3.05, 3.63) is 22.3 Å². The van der Waals surface area contributed by atoms with Gasteiger partial charge in [0.2, 0.25) is 5.88 Å². The molecule has 0 radical (unpaired) electrons. The molecule has 1 saturated carbocycles. The van der Waals surface area contributed by atoms with Crippen molar-refractivity contribution in [2.24, 2.45) is 5.92 Å². The van der Waals surface area contributed by atoms with Gasteiger partial charge in [0.1, 0.15) is 6.10 Å². The van der Waals surface area contributed by atoms with Crippen molar-refractivity contribution in [2.45, 2.75) is 51.7 Å². The highest BCUT2D eigenvalue weighted by molar-refractivity contribution is 9.10. The molecular weight excluding hydrogens is 294 g/mol. The normalized spacial score (nSPS) is 23.9. The van der Waals surface area contributed by atoms with Crippen LogP contribution in [0.3, 0.4) is 0 Å². The molecule has 18 heavy (non-hydrogen) atoms. The Morgan fingerprint density at radius 3 is 3.06 bits per heavy atom. The topological polar surface area (TPSA) is 42.4 Å². The van der Waals surface area contributed by atoms with Crippen LogP contribution in [-0.4, -0.2) is 16.2 Å². The average molecular weight is 314 g/mol. The summed E-state index contributed by atoms with van der Waals surface area (Å²) in [5, 5.41) is 9.33. The molecule has 1 heterocycles. The van der Waals surface area contributed by atoms with E-state index >= 15 is 0 Å². The zero-order valence-corrected chi connectivity index (χ0v) is 12.3. The smallest absolute Gasteiger partial charge is 0.219 e. The molecule has 0 aromatic carbocycles. The van der Waals surface area contributed by atoms with Gasteiger partial charge in [-0.3, -0.25) is 0 Å². The summed E-state index contributed by atoms with van der Waals surface area (Å²) in [6.45, 7) is 2.20. The molecule has 0 saturated heterocycles. The SMILES string of the molecule is CCC1CCCC(Oc2ncc(Br)cc2CO)C1. The van der Waals surface area contributed by atoms with Gasteiger partial charge in [0.15, 0.2) is 0 Å². The molecule has 2 rings (SSSR count). The molecule has 1 aromatic heterocycles. The van der Waals surface area contributed by atoms with E-state index in [1.54, 1.807) is 6.20 Å². The number of aliphatic hydroxyl groups excluding tert-OH is 1. The largest absolute Gasteiger partial charge is 0.474 e. The minimum absolute atomic E-state index is 0.0360.